The molecule has 0 bridgehead atoms. The van der Waals surface area contributed by atoms with Gasteiger partial charge in [0.1, 0.15) is 0 Å². The topological polar surface area (TPSA) is 30.2 Å². The Morgan fingerprint density at radius 1 is 1.58 bits per heavy atom. The van der Waals surface area contributed by atoms with Crippen LogP contribution < -0.4 is 0 Å². The zero-order chi connectivity index (χ0) is 8.97. The lowest BCUT2D eigenvalue weighted by Gasteiger charge is -1.94. The average molecular weight is 161 g/mol. The van der Waals surface area contributed by atoms with Gasteiger partial charge in [-0.15, -0.1) is 0 Å². The van der Waals surface area contributed by atoms with Crippen LogP contribution in [0.5, 0.6) is 0 Å². The molecule has 3 nitrogen and oxygen atoms in total. The molecule has 0 saturated carbocycles. The second kappa shape index (κ2) is 3.67. The van der Waals surface area contributed by atoms with Crippen LogP contribution in [0.4, 0.5) is 5.82 Å². The molecule has 0 amide bonds. The molecule has 1 aromatic heterocycles. The largest absolute Gasteiger partial charge is 0.237 e. The van der Waals surface area contributed by atoms with Crippen LogP contribution in [-0.2, 0) is 0 Å². The van der Waals surface area contributed by atoms with Crippen LogP contribution >= 0.6 is 0 Å². The summed E-state index contributed by atoms with van der Waals surface area (Å²) in [5, 5.41) is 4.04. The van der Waals surface area contributed by atoms with Crippen molar-refractivity contribution in [3.05, 3.63) is 31.0 Å². The number of aryl methyl sites for hydroxylation is 1. The SMILES string of the molecule is C=CC=Nc1c(C)cnn1C=C. The molecule has 0 aliphatic rings. The fourth-order valence-electron chi connectivity index (χ4n) is 0.860. The molecule has 0 aliphatic carbocycles. The van der Waals surface area contributed by atoms with Gasteiger partial charge in [0, 0.05) is 18.0 Å². The van der Waals surface area contributed by atoms with Gasteiger partial charge in [0.05, 0.1) is 6.20 Å². The van der Waals surface area contributed by atoms with Crippen LogP contribution in [0.3, 0.4) is 0 Å². The quantitative estimate of drug-likeness (QED) is 0.625. The number of rotatable bonds is 3. The van der Waals surface area contributed by atoms with E-state index in [-0.39, 0.29) is 0 Å². The molecule has 0 N–H and O–H groups in total. The van der Waals surface area contributed by atoms with E-state index in [0.717, 1.165) is 11.4 Å². The first-order valence-electron chi connectivity index (χ1n) is 3.61. The summed E-state index contributed by atoms with van der Waals surface area (Å²) < 4.78 is 1.62. The van der Waals surface area contributed by atoms with E-state index in [1.807, 2.05) is 6.92 Å². The Balaban J connectivity index is 3.09. The summed E-state index contributed by atoms with van der Waals surface area (Å²) in [6.45, 7) is 9.10. The van der Waals surface area contributed by atoms with Crippen LogP contribution in [0.1, 0.15) is 5.56 Å². The molecule has 3 heteroatoms. The first kappa shape index (κ1) is 8.46. The van der Waals surface area contributed by atoms with Crippen molar-refractivity contribution in [2.75, 3.05) is 0 Å². The summed E-state index contributed by atoms with van der Waals surface area (Å²) in [6, 6.07) is 0. The highest BCUT2D eigenvalue weighted by Gasteiger charge is 2.00. The molecule has 0 aliphatic heterocycles. The minimum Gasteiger partial charge on any atom is -0.237 e. The Hall–Kier alpha value is -1.64. The molecule has 1 rings (SSSR count). The fraction of sp³-hybridized carbons (Fsp3) is 0.111. The van der Waals surface area contributed by atoms with E-state index < -0.39 is 0 Å². The van der Waals surface area contributed by atoms with Gasteiger partial charge in [-0.3, -0.25) is 0 Å². The molecule has 0 saturated heterocycles. The minimum absolute atomic E-state index is 0.796. The van der Waals surface area contributed by atoms with Gasteiger partial charge >= 0.3 is 0 Å². The molecule has 1 aromatic rings. The highest BCUT2D eigenvalue weighted by molar-refractivity contribution is 5.73. The molecule has 62 valence electrons. The third-order valence-electron chi connectivity index (χ3n) is 1.42. The molecule has 0 aromatic carbocycles. The Kier molecular flexibility index (Phi) is 2.58. The number of aromatic nitrogens is 2. The third-order valence-corrected chi connectivity index (χ3v) is 1.42. The Bertz CT molecular complexity index is 321. The molecule has 1 heterocycles. The van der Waals surface area contributed by atoms with Crippen LogP contribution in [-0.4, -0.2) is 16.0 Å². The normalized spacial score (nSPS) is 10.4. The van der Waals surface area contributed by atoms with E-state index in [9.17, 15) is 0 Å². The van der Waals surface area contributed by atoms with Crippen molar-refractivity contribution in [3.63, 3.8) is 0 Å². The smallest absolute Gasteiger partial charge is 0.157 e. The Labute approximate surface area is 71.7 Å². The molecule has 0 spiro atoms. The van der Waals surface area contributed by atoms with Gasteiger partial charge in [-0.05, 0) is 6.92 Å². The lowest BCUT2D eigenvalue weighted by Crippen LogP contribution is -1.86. The molecule has 0 atom stereocenters. The predicted molar refractivity (Wildman–Crippen MR) is 51.7 cm³/mol. The molecule has 0 unspecified atom stereocenters. The van der Waals surface area contributed by atoms with Crippen LogP contribution in [0.2, 0.25) is 0 Å². The van der Waals surface area contributed by atoms with Crippen molar-refractivity contribution in [2.45, 2.75) is 6.92 Å². The fourth-order valence-corrected chi connectivity index (χ4v) is 0.860. The predicted octanol–water partition coefficient (Wildman–Crippen LogP) is 2.18. The number of nitrogens with zero attached hydrogens (tertiary/aromatic N) is 3. The maximum absolute atomic E-state index is 4.14. The van der Waals surface area contributed by atoms with Gasteiger partial charge in [0.15, 0.2) is 5.82 Å². The van der Waals surface area contributed by atoms with E-state index in [4.69, 9.17) is 0 Å². The number of aliphatic imine (C=N–C) groups is 1. The lowest BCUT2D eigenvalue weighted by atomic mass is 10.4. The monoisotopic (exact) mass is 161 g/mol. The maximum atomic E-state index is 4.14. The zero-order valence-corrected chi connectivity index (χ0v) is 7.07. The third kappa shape index (κ3) is 1.50. The summed E-state index contributed by atoms with van der Waals surface area (Å²) in [4.78, 5) is 4.14. The van der Waals surface area contributed by atoms with Gasteiger partial charge in [-0.2, -0.15) is 5.10 Å². The summed E-state index contributed by atoms with van der Waals surface area (Å²) in [5.41, 5.74) is 1.02. The van der Waals surface area contributed by atoms with Gasteiger partial charge in [0.2, 0.25) is 0 Å². The Morgan fingerprint density at radius 3 is 2.92 bits per heavy atom. The van der Waals surface area contributed by atoms with Crippen molar-refractivity contribution >= 4 is 18.2 Å². The number of hydrogen-bond acceptors (Lipinski definition) is 2. The van der Waals surface area contributed by atoms with E-state index in [0.29, 0.717) is 0 Å². The zero-order valence-electron chi connectivity index (χ0n) is 7.07. The summed E-state index contributed by atoms with van der Waals surface area (Å²) in [5.74, 6) is 0.796. The van der Waals surface area contributed by atoms with Gasteiger partial charge in [-0.1, -0.05) is 19.2 Å². The van der Waals surface area contributed by atoms with E-state index >= 15 is 0 Å². The number of allylic oxidation sites excluding steroid dienone is 1. The molecule has 0 radical (unpaired) electrons. The summed E-state index contributed by atoms with van der Waals surface area (Å²) >= 11 is 0. The van der Waals surface area contributed by atoms with Crippen molar-refractivity contribution < 1.29 is 0 Å². The second-order valence-electron chi connectivity index (χ2n) is 2.29. The first-order chi connectivity index (χ1) is 5.79. The lowest BCUT2D eigenvalue weighted by molar-refractivity contribution is 0.935. The minimum atomic E-state index is 0.796. The van der Waals surface area contributed by atoms with Crippen LogP contribution in [0.25, 0.3) is 6.20 Å². The highest BCUT2D eigenvalue weighted by atomic mass is 15.3. The second-order valence-corrected chi connectivity index (χ2v) is 2.29. The standard InChI is InChI=1S/C9H11N3/c1-4-6-10-9-8(3)7-11-12(9)5-2/h4-7H,1-2H2,3H3. The number of hydrogen-bond donors (Lipinski definition) is 0. The Morgan fingerprint density at radius 2 is 2.33 bits per heavy atom. The van der Waals surface area contributed by atoms with Gasteiger partial charge in [-0.25, -0.2) is 9.67 Å². The average Bonchev–Trinajstić information content (AvgIpc) is 2.43. The van der Waals surface area contributed by atoms with Crippen molar-refractivity contribution in [3.8, 4) is 0 Å². The van der Waals surface area contributed by atoms with Crippen LogP contribution in [0, 0.1) is 6.92 Å². The van der Waals surface area contributed by atoms with Gasteiger partial charge < -0.3 is 0 Å². The molecule has 12 heavy (non-hydrogen) atoms. The van der Waals surface area contributed by atoms with E-state index in [2.05, 4.69) is 23.2 Å². The molecular weight excluding hydrogens is 150 g/mol. The van der Waals surface area contributed by atoms with E-state index in [1.165, 1.54) is 0 Å². The van der Waals surface area contributed by atoms with Gasteiger partial charge in [0.25, 0.3) is 0 Å². The highest BCUT2D eigenvalue weighted by Crippen LogP contribution is 2.16. The maximum Gasteiger partial charge on any atom is 0.157 e. The summed E-state index contributed by atoms with van der Waals surface area (Å²) in [7, 11) is 0. The first-order valence-corrected chi connectivity index (χ1v) is 3.61. The van der Waals surface area contributed by atoms with Crippen LogP contribution in [0.15, 0.2) is 30.4 Å². The molecule has 0 fully saturated rings. The van der Waals surface area contributed by atoms with E-state index in [1.54, 1.807) is 29.4 Å². The van der Waals surface area contributed by atoms with Crippen molar-refractivity contribution in [1.82, 2.24) is 9.78 Å². The van der Waals surface area contributed by atoms with Crippen molar-refractivity contribution in [1.29, 1.82) is 0 Å². The molecular formula is C9H11N3. The summed E-state index contributed by atoms with van der Waals surface area (Å²) in [6.07, 6.45) is 6.62. The van der Waals surface area contributed by atoms with Crippen molar-refractivity contribution in [2.24, 2.45) is 4.99 Å².